The normalized spacial score (nSPS) is 11.1. The van der Waals surface area contributed by atoms with Crippen LogP contribution in [0, 0.1) is 0 Å². The summed E-state index contributed by atoms with van der Waals surface area (Å²) in [6.45, 7) is 0. The van der Waals surface area contributed by atoms with Crippen LogP contribution in [0.2, 0.25) is 0 Å². The van der Waals surface area contributed by atoms with E-state index in [4.69, 9.17) is 4.74 Å². The van der Waals surface area contributed by atoms with Crippen molar-refractivity contribution >= 4 is 38.6 Å². The molecule has 106 valence electrons. The van der Waals surface area contributed by atoms with Crippen LogP contribution in [0.1, 0.15) is 10.4 Å². The second kappa shape index (κ2) is 4.85. The van der Waals surface area contributed by atoms with Gasteiger partial charge in [0.05, 0.1) is 7.11 Å². The van der Waals surface area contributed by atoms with Crippen LogP contribution in [-0.2, 0) is 0 Å². The van der Waals surface area contributed by atoms with Gasteiger partial charge in [-0.15, -0.1) is 0 Å². The molecule has 0 atom stereocenters. The van der Waals surface area contributed by atoms with Crippen molar-refractivity contribution in [3.63, 3.8) is 0 Å². The van der Waals surface area contributed by atoms with Crippen LogP contribution in [0.25, 0.3) is 32.3 Å². The zero-order valence-electron chi connectivity index (χ0n) is 12.2. The topological polar surface area (TPSA) is 26.3 Å². The SMILES string of the molecule is COc1cccc2c1ccc1c3ccccc3cc(C=O)c21. The number of hydrogen-bond donors (Lipinski definition) is 0. The molecule has 2 heteroatoms. The fourth-order valence-electron chi connectivity index (χ4n) is 3.24. The Labute approximate surface area is 127 Å². The van der Waals surface area contributed by atoms with E-state index in [0.29, 0.717) is 5.56 Å². The van der Waals surface area contributed by atoms with E-state index in [-0.39, 0.29) is 0 Å². The standard InChI is InChI=1S/C20H14O2/c1-22-19-8-4-7-17-16(19)9-10-18-15-6-3-2-5-13(15)11-14(12-21)20(17)18/h2-12H,1H3. The summed E-state index contributed by atoms with van der Waals surface area (Å²) in [6, 6.07) is 20.2. The molecule has 2 nitrogen and oxygen atoms in total. The van der Waals surface area contributed by atoms with Gasteiger partial charge in [-0.1, -0.05) is 42.5 Å². The van der Waals surface area contributed by atoms with Gasteiger partial charge in [0.1, 0.15) is 5.75 Å². The lowest BCUT2D eigenvalue weighted by Gasteiger charge is -2.12. The zero-order valence-corrected chi connectivity index (χ0v) is 12.2. The molecule has 0 aromatic heterocycles. The Morgan fingerprint density at radius 1 is 0.818 bits per heavy atom. The molecule has 0 heterocycles. The summed E-state index contributed by atoms with van der Waals surface area (Å²) in [7, 11) is 1.67. The van der Waals surface area contributed by atoms with Gasteiger partial charge in [-0.2, -0.15) is 0 Å². The third-order valence-corrected chi connectivity index (χ3v) is 4.22. The molecular formula is C20H14O2. The first-order valence-electron chi connectivity index (χ1n) is 7.20. The predicted molar refractivity (Wildman–Crippen MR) is 90.9 cm³/mol. The molecule has 0 aliphatic heterocycles. The number of rotatable bonds is 2. The highest BCUT2D eigenvalue weighted by molar-refractivity contribution is 6.23. The number of ether oxygens (including phenoxy) is 1. The van der Waals surface area contributed by atoms with Gasteiger partial charge in [-0.25, -0.2) is 0 Å². The van der Waals surface area contributed by atoms with Gasteiger partial charge in [-0.05, 0) is 39.7 Å². The summed E-state index contributed by atoms with van der Waals surface area (Å²) in [5, 5.41) is 6.40. The van der Waals surface area contributed by atoms with Crippen LogP contribution in [0.5, 0.6) is 5.75 Å². The summed E-state index contributed by atoms with van der Waals surface area (Å²) >= 11 is 0. The summed E-state index contributed by atoms with van der Waals surface area (Å²) in [5.41, 5.74) is 0.715. The molecule has 0 amide bonds. The molecule has 0 radical (unpaired) electrons. The Balaban J connectivity index is 2.31. The Morgan fingerprint density at radius 2 is 1.55 bits per heavy atom. The molecule has 0 spiro atoms. The van der Waals surface area contributed by atoms with E-state index in [2.05, 4.69) is 18.2 Å². The first-order chi connectivity index (χ1) is 10.8. The zero-order chi connectivity index (χ0) is 15.1. The predicted octanol–water partition coefficient (Wildman–Crippen LogP) is 4.97. The average Bonchev–Trinajstić information content (AvgIpc) is 2.59. The summed E-state index contributed by atoms with van der Waals surface area (Å²) in [6.07, 6.45) is 0.938. The second-order valence-electron chi connectivity index (χ2n) is 5.35. The number of fused-ring (bicyclic) bond motifs is 5. The van der Waals surface area contributed by atoms with Gasteiger partial charge < -0.3 is 4.74 Å². The molecule has 0 aliphatic carbocycles. The van der Waals surface area contributed by atoms with Crippen molar-refractivity contribution in [1.29, 1.82) is 0 Å². The summed E-state index contributed by atoms with van der Waals surface area (Å²) in [5.74, 6) is 0.824. The Kier molecular flexibility index (Phi) is 2.83. The molecule has 4 rings (SSSR count). The highest BCUT2D eigenvalue weighted by Crippen LogP contribution is 2.36. The lowest BCUT2D eigenvalue weighted by Crippen LogP contribution is -1.90. The number of methoxy groups -OCH3 is 1. The molecule has 0 saturated carbocycles. The Hall–Kier alpha value is -2.87. The van der Waals surface area contributed by atoms with Crippen molar-refractivity contribution in [1.82, 2.24) is 0 Å². The third-order valence-electron chi connectivity index (χ3n) is 4.22. The van der Waals surface area contributed by atoms with E-state index in [1.807, 2.05) is 42.5 Å². The molecule has 0 aliphatic rings. The van der Waals surface area contributed by atoms with E-state index in [1.165, 1.54) is 0 Å². The van der Waals surface area contributed by atoms with Crippen LogP contribution >= 0.6 is 0 Å². The van der Waals surface area contributed by atoms with Crippen LogP contribution in [0.15, 0.2) is 60.7 Å². The minimum absolute atomic E-state index is 0.715. The van der Waals surface area contributed by atoms with Crippen molar-refractivity contribution in [2.45, 2.75) is 0 Å². The van der Waals surface area contributed by atoms with E-state index in [0.717, 1.165) is 44.4 Å². The molecule has 0 unspecified atom stereocenters. The lowest BCUT2D eigenvalue weighted by atomic mass is 9.93. The summed E-state index contributed by atoms with van der Waals surface area (Å²) in [4.78, 5) is 11.6. The molecule has 4 aromatic carbocycles. The molecule has 0 saturated heterocycles. The minimum atomic E-state index is 0.715. The summed E-state index contributed by atoms with van der Waals surface area (Å²) < 4.78 is 5.45. The van der Waals surface area contributed by atoms with E-state index in [9.17, 15) is 4.79 Å². The first kappa shape index (κ1) is 12.8. The van der Waals surface area contributed by atoms with E-state index in [1.54, 1.807) is 7.11 Å². The van der Waals surface area contributed by atoms with Gasteiger partial charge in [0, 0.05) is 16.3 Å². The highest BCUT2D eigenvalue weighted by Gasteiger charge is 2.11. The van der Waals surface area contributed by atoms with Crippen molar-refractivity contribution in [2.75, 3.05) is 7.11 Å². The smallest absolute Gasteiger partial charge is 0.150 e. The molecule has 0 N–H and O–H groups in total. The molecule has 4 aromatic rings. The maximum Gasteiger partial charge on any atom is 0.150 e. The number of benzene rings is 4. The maximum atomic E-state index is 11.6. The van der Waals surface area contributed by atoms with Gasteiger partial charge in [0.25, 0.3) is 0 Å². The second-order valence-corrected chi connectivity index (χ2v) is 5.35. The number of carbonyl (C=O) groups is 1. The first-order valence-corrected chi connectivity index (χ1v) is 7.20. The fourth-order valence-corrected chi connectivity index (χ4v) is 3.24. The number of hydrogen-bond acceptors (Lipinski definition) is 2. The Bertz CT molecular complexity index is 1030. The maximum absolute atomic E-state index is 11.6. The molecular weight excluding hydrogens is 272 g/mol. The van der Waals surface area contributed by atoms with Crippen molar-refractivity contribution < 1.29 is 9.53 Å². The number of carbonyl (C=O) groups excluding carboxylic acids is 1. The fraction of sp³-hybridized carbons (Fsp3) is 0.0500. The van der Waals surface area contributed by atoms with E-state index >= 15 is 0 Å². The van der Waals surface area contributed by atoms with Gasteiger partial charge in [-0.3, -0.25) is 4.79 Å². The average molecular weight is 286 g/mol. The van der Waals surface area contributed by atoms with Crippen LogP contribution in [0.3, 0.4) is 0 Å². The van der Waals surface area contributed by atoms with Gasteiger partial charge >= 0.3 is 0 Å². The number of aldehydes is 1. The molecule has 0 bridgehead atoms. The monoisotopic (exact) mass is 286 g/mol. The molecule has 22 heavy (non-hydrogen) atoms. The van der Waals surface area contributed by atoms with Crippen LogP contribution in [-0.4, -0.2) is 13.4 Å². The van der Waals surface area contributed by atoms with Gasteiger partial charge in [0.15, 0.2) is 6.29 Å². The lowest BCUT2D eigenvalue weighted by molar-refractivity contribution is 0.112. The van der Waals surface area contributed by atoms with Crippen LogP contribution < -0.4 is 4.74 Å². The highest BCUT2D eigenvalue weighted by atomic mass is 16.5. The van der Waals surface area contributed by atoms with Crippen molar-refractivity contribution in [3.8, 4) is 5.75 Å². The Morgan fingerprint density at radius 3 is 2.36 bits per heavy atom. The van der Waals surface area contributed by atoms with Gasteiger partial charge in [0.2, 0.25) is 0 Å². The van der Waals surface area contributed by atoms with Crippen molar-refractivity contribution in [3.05, 3.63) is 66.2 Å². The van der Waals surface area contributed by atoms with Crippen molar-refractivity contribution in [2.24, 2.45) is 0 Å². The van der Waals surface area contributed by atoms with E-state index < -0.39 is 0 Å². The molecule has 0 fully saturated rings. The minimum Gasteiger partial charge on any atom is -0.496 e. The largest absolute Gasteiger partial charge is 0.496 e. The quantitative estimate of drug-likeness (QED) is 0.384. The third kappa shape index (κ3) is 1.70. The van der Waals surface area contributed by atoms with Crippen LogP contribution in [0.4, 0.5) is 0 Å².